The molecule has 0 bridgehead atoms. The van der Waals surface area contributed by atoms with Gasteiger partial charge in [0.25, 0.3) is 11.7 Å². The standard InChI is InChI=1S/C17H20N2O5/c1-3-4-8-23-13(20)9-24-12-7-5-6-11-15(12)14(10(2)19-11)16(21)17(18)22/h5-7,19H,3-4,8-9H2,1-2H3,(H2,18,22). The van der Waals surface area contributed by atoms with Gasteiger partial charge in [-0.1, -0.05) is 19.4 Å². The maximum atomic E-state index is 12.1. The maximum absolute atomic E-state index is 12.1. The number of aromatic amines is 1. The summed E-state index contributed by atoms with van der Waals surface area (Å²) in [6, 6.07) is 5.08. The number of nitrogens with one attached hydrogen (secondary N) is 1. The van der Waals surface area contributed by atoms with E-state index in [1.165, 1.54) is 0 Å². The fourth-order valence-corrected chi connectivity index (χ4v) is 2.38. The Bertz CT molecular complexity index is 779. The number of carbonyl (C=O) groups is 3. The quantitative estimate of drug-likeness (QED) is 0.332. The van der Waals surface area contributed by atoms with Crippen molar-refractivity contribution in [1.29, 1.82) is 0 Å². The summed E-state index contributed by atoms with van der Waals surface area (Å²) >= 11 is 0. The van der Waals surface area contributed by atoms with Crippen LogP contribution in [0.4, 0.5) is 0 Å². The number of ketones is 1. The van der Waals surface area contributed by atoms with Crippen LogP contribution in [0.5, 0.6) is 5.75 Å². The molecule has 1 heterocycles. The van der Waals surface area contributed by atoms with Crippen LogP contribution in [0.1, 0.15) is 35.8 Å². The van der Waals surface area contributed by atoms with Crippen LogP contribution in [0.3, 0.4) is 0 Å². The summed E-state index contributed by atoms with van der Waals surface area (Å²) in [6.45, 7) is 3.73. The number of rotatable bonds is 8. The smallest absolute Gasteiger partial charge is 0.344 e. The summed E-state index contributed by atoms with van der Waals surface area (Å²) in [4.78, 5) is 38.0. The predicted molar refractivity (Wildman–Crippen MR) is 87.9 cm³/mol. The molecule has 2 aromatic rings. The fraction of sp³-hybridized carbons (Fsp3) is 0.353. The largest absolute Gasteiger partial charge is 0.481 e. The normalized spacial score (nSPS) is 10.6. The number of ether oxygens (including phenoxy) is 2. The zero-order valence-corrected chi connectivity index (χ0v) is 13.7. The van der Waals surface area contributed by atoms with E-state index in [-0.39, 0.29) is 12.2 Å². The molecule has 0 atom stereocenters. The third-order valence-corrected chi connectivity index (χ3v) is 3.53. The zero-order valence-electron chi connectivity index (χ0n) is 13.7. The van der Waals surface area contributed by atoms with E-state index in [9.17, 15) is 14.4 Å². The number of amides is 1. The van der Waals surface area contributed by atoms with Crippen LogP contribution in [0.2, 0.25) is 0 Å². The minimum atomic E-state index is -1.05. The molecule has 1 aromatic heterocycles. The number of benzene rings is 1. The number of carbonyl (C=O) groups excluding carboxylic acids is 3. The number of esters is 1. The summed E-state index contributed by atoms with van der Waals surface area (Å²) in [5.41, 5.74) is 6.40. The number of hydrogen-bond donors (Lipinski definition) is 2. The first-order chi connectivity index (χ1) is 11.5. The molecule has 0 saturated heterocycles. The maximum Gasteiger partial charge on any atom is 0.344 e. The van der Waals surface area contributed by atoms with Crippen molar-refractivity contribution in [2.24, 2.45) is 5.73 Å². The van der Waals surface area contributed by atoms with Crippen molar-refractivity contribution in [3.8, 4) is 5.75 Å². The third kappa shape index (κ3) is 3.73. The lowest BCUT2D eigenvalue weighted by molar-refractivity contribution is -0.146. The summed E-state index contributed by atoms with van der Waals surface area (Å²) in [6.07, 6.45) is 1.71. The molecule has 0 saturated carbocycles. The number of primary amides is 1. The summed E-state index contributed by atoms with van der Waals surface area (Å²) in [5.74, 6) is -2.03. The zero-order chi connectivity index (χ0) is 17.7. The molecule has 1 amide bonds. The SMILES string of the molecule is CCCCOC(=O)COc1cccc2[nH]c(C)c(C(=O)C(N)=O)c12. The Morgan fingerprint density at radius 1 is 1.25 bits per heavy atom. The Kier molecular flexibility index (Phi) is 5.57. The van der Waals surface area contributed by atoms with Gasteiger partial charge < -0.3 is 20.2 Å². The molecule has 1 aromatic carbocycles. The molecule has 128 valence electrons. The van der Waals surface area contributed by atoms with E-state index in [4.69, 9.17) is 15.2 Å². The van der Waals surface area contributed by atoms with E-state index in [1.807, 2.05) is 6.92 Å². The number of nitrogens with two attached hydrogens (primary N) is 1. The van der Waals surface area contributed by atoms with Crippen molar-refractivity contribution in [2.75, 3.05) is 13.2 Å². The summed E-state index contributed by atoms with van der Waals surface area (Å²) in [7, 11) is 0. The topological polar surface area (TPSA) is 111 Å². The Hall–Kier alpha value is -2.83. The first kappa shape index (κ1) is 17.5. The average Bonchev–Trinajstić information content (AvgIpc) is 2.88. The van der Waals surface area contributed by atoms with Crippen molar-refractivity contribution in [3.05, 3.63) is 29.5 Å². The fourth-order valence-electron chi connectivity index (χ4n) is 2.38. The van der Waals surface area contributed by atoms with Crippen LogP contribution in [0.25, 0.3) is 10.9 Å². The second kappa shape index (κ2) is 7.63. The highest BCUT2D eigenvalue weighted by molar-refractivity contribution is 6.45. The van der Waals surface area contributed by atoms with Gasteiger partial charge in [0.1, 0.15) is 5.75 Å². The van der Waals surface area contributed by atoms with Crippen LogP contribution in [-0.2, 0) is 14.3 Å². The molecule has 0 spiro atoms. The highest BCUT2D eigenvalue weighted by Crippen LogP contribution is 2.31. The summed E-state index contributed by atoms with van der Waals surface area (Å²) < 4.78 is 10.5. The van der Waals surface area contributed by atoms with E-state index in [2.05, 4.69) is 4.98 Å². The molecule has 24 heavy (non-hydrogen) atoms. The second-order valence-corrected chi connectivity index (χ2v) is 5.36. The molecule has 0 radical (unpaired) electrons. The Morgan fingerprint density at radius 2 is 2.00 bits per heavy atom. The lowest BCUT2D eigenvalue weighted by Crippen LogP contribution is -2.23. The molecule has 0 fully saturated rings. The van der Waals surface area contributed by atoms with Gasteiger partial charge in [-0.05, 0) is 25.5 Å². The molecular weight excluding hydrogens is 312 g/mol. The third-order valence-electron chi connectivity index (χ3n) is 3.53. The van der Waals surface area contributed by atoms with Crippen molar-refractivity contribution in [2.45, 2.75) is 26.7 Å². The van der Waals surface area contributed by atoms with Crippen molar-refractivity contribution >= 4 is 28.6 Å². The van der Waals surface area contributed by atoms with Gasteiger partial charge in [0.05, 0.1) is 23.1 Å². The monoisotopic (exact) mass is 332 g/mol. The van der Waals surface area contributed by atoms with Crippen LogP contribution >= 0.6 is 0 Å². The van der Waals surface area contributed by atoms with Gasteiger partial charge in [0.2, 0.25) is 0 Å². The Morgan fingerprint density at radius 3 is 2.67 bits per heavy atom. The van der Waals surface area contributed by atoms with E-state index in [1.54, 1.807) is 25.1 Å². The lowest BCUT2D eigenvalue weighted by atomic mass is 10.1. The number of Topliss-reactive ketones (excluding diaryl/α,β-unsaturated/α-hetero) is 1. The van der Waals surface area contributed by atoms with Gasteiger partial charge in [-0.3, -0.25) is 9.59 Å². The first-order valence-corrected chi connectivity index (χ1v) is 7.69. The predicted octanol–water partition coefficient (Wildman–Crippen LogP) is 1.87. The van der Waals surface area contributed by atoms with Crippen LogP contribution < -0.4 is 10.5 Å². The number of H-pyrrole nitrogens is 1. The average molecular weight is 332 g/mol. The number of aryl methyl sites for hydroxylation is 1. The van der Waals surface area contributed by atoms with Crippen molar-refractivity contribution in [3.63, 3.8) is 0 Å². The number of hydrogen-bond acceptors (Lipinski definition) is 5. The Balaban J connectivity index is 2.26. The van der Waals surface area contributed by atoms with Gasteiger partial charge in [-0.25, -0.2) is 4.79 Å². The van der Waals surface area contributed by atoms with Crippen LogP contribution in [-0.4, -0.2) is 35.9 Å². The molecule has 7 heteroatoms. The highest BCUT2D eigenvalue weighted by Gasteiger charge is 2.23. The lowest BCUT2D eigenvalue weighted by Gasteiger charge is -2.09. The van der Waals surface area contributed by atoms with Crippen molar-refractivity contribution in [1.82, 2.24) is 4.98 Å². The van der Waals surface area contributed by atoms with E-state index < -0.39 is 17.7 Å². The molecule has 7 nitrogen and oxygen atoms in total. The molecular formula is C17H20N2O5. The van der Waals surface area contributed by atoms with E-state index >= 15 is 0 Å². The van der Waals surface area contributed by atoms with E-state index in [0.29, 0.717) is 29.0 Å². The van der Waals surface area contributed by atoms with Gasteiger partial charge in [-0.15, -0.1) is 0 Å². The van der Waals surface area contributed by atoms with Crippen LogP contribution in [0, 0.1) is 6.92 Å². The molecule has 3 N–H and O–H groups in total. The molecule has 0 aliphatic carbocycles. The van der Waals surface area contributed by atoms with Gasteiger partial charge in [0.15, 0.2) is 6.61 Å². The molecule has 2 rings (SSSR count). The number of unbranched alkanes of at least 4 members (excludes halogenated alkanes) is 1. The van der Waals surface area contributed by atoms with E-state index in [0.717, 1.165) is 12.8 Å². The number of fused-ring (bicyclic) bond motifs is 1. The summed E-state index contributed by atoms with van der Waals surface area (Å²) in [5, 5.41) is 0.431. The minimum Gasteiger partial charge on any atom is -0.481 e. The van der Waals surface area contributed by atoms with Gasteiger partial charge in [0, 0.05) is 5.69 Å². The van der Waals surface area contributed by atoms with Gasteiger partial charge >= 0.3 is 5.97 Å². The number of aromatic nitrogens is 1. The molecule has 0 unspecified atom stereocenters. The first-order valence-electron chi connectivity index (χ1n) is 7.69. The molecule has 0 aliphatic rings. The van der Waals surface area contributed by atoms with Crippen molar-refractivity contribution < 1.29 is 23.9 Å². The van der Waals surface area contributed by atoms with Crippen LogP contribution in [0.15, 0.2) is 18.2 Å². The minimum absolute atomic E-state index is 0.160. The Labute approximate surface area is 139 Å². The van der Waals surface area contributed by atoms with Gasteiger partial charge in [-0.2, -0.15) is 0 Å². The second-order valence-electron chi connectivity index (χ2n) is 5.36. The molecule has 0 aliphatic heterocycles. The highest BCUT2D eigenvalue weighted by atomic mass is 16.6.